The molecule has 0 amide bonds. The average molecular weight is 151 g/mol. The van der Waals surface area contributed by atoms with E-state index in [-0.39, 0.29) is 0 Å². The first-order chi connectivity index (χ1) is 3.72. The molecule has 0 nitrogen and oxygen atoms in total. The number of alkyl halides is 1. The third-order valence-corrected chi connectivity index (χ3v) is 1.67. The zero-order valence-corrected chi connectivity index (χ0v) is 6.26. The van der Waals surface area contributed by atoms with Gasteiger partial charge in [0.1, 0.15) is 0 Å². The largest absolute Gasteiger partial charge is 0.122 e. The summed E-state index contributed by atoms with van der Waals surface area (Å²) in [5, 5.41) is 0.653. The molecule has 8 heavy (non-hydrogen) atoms. The molecule has 0 aliphatic rings. The Bertz CT molecular complexity index is 114. The quantitative estimate of drug-likeness (QED) is 0.420. The molecule has 2 heteroatoms. The first-order valence-electron chi connectivity index (χ1n) is 2.26. The number of halogens is 2. The second-order valence-electron chi connectivity index (χ2n) is 1.47. The third kappa shape index (κ3) is 2.39. The van der Waals surface area contributed by atoms with Gasteiger partial charge in [-0.05, 0) is 12.5 Å². The molecule has 0 bridgehead atoms. The van der Waals surface area contributed by atoms with E-state index in [4.69, 9.17) is 23.2 Å². The van der Waals surface area contributed by atoms with Crippen LogP contribution in [-0.2, 0) is 0 Å². The van der Waals surface area contributed by atoms with E-state index in [9.17, 15) is 0 Å². The van der Waals surface area contributed by atoms with E-state index in [1.807, 2.05) is 6.92 Å². The van der Waals surface area contributed by atoms with Gasteiger partial charge >= 0.3 is 0 Å². The van der Waals surface area contributed by atoms with E-state index in [2.05, 4.69) is 6.58 Å². The Balaban J connectivity index is 4.03. The average Bonchev–Trinajstić information content (AvgIpc) is 1.84. The lowest BCUT2D eigenvalue weighted by molar-refractivity contribution is 1.38. The summed E-state index contributed by atoms with van der Waals surface area (Å²) in [5.41, 5.74) is 0.961. The lowest BCUT2D eigenvalue weighted by atomic mass is 10.3. The van der Waals surface area contributed by atoms with Crippen LogP contribution in [0.2, 0.25) is 0 Å². The highest BCUT2D eigenvalue weighted by Gasteiger charge is 1.89. The Morgan fingerprint density at radius 3 is 2.38 bits per heavy atom. The molecule has 0 N–H and O–H groups in total. The van der Waals surface area contributed by atoms with Gasteiger partial charge in [0.05, 0.1) is 0 Å². The van der Waals surface area contributed by atoms with E-state index in [1.165, 1.54) is 0 Å². The fourth-order valence-electron chi connectivity index (χ4n) is 0.238. The molecule has 0 atom stereocenters. The minimum Gasteiger partial charge on any atom is -0.122 e. The van der Waals surface area contributed by atoms with Gasteiger partial charge in [0, 0.05) is 10.9 Å². The van der Waals surface area contributed by atoms with Crippen molar-refractivity contribution in [3.05, 3.63) is 23.3 Å². The van der Waals surface area contributed by atoms with Crippen molar-refractivity contribution in [1.29, 1.82) is 0 Å². The monoisotopic (exact) mass is 150 g/mol. The zero-order valence-electron chi connectivity index (χ0n) is 4.75. The fourth-order valence-corrected chi connectivity index (χ4v) is 0.517. The van der Waals surface area contributed by atoms with E-state index in [0.29, 0.717) is 10.9 Å². The lowest BCUT2D eigenvalue weighted by Gasteiger charge is -1.92. The molecule has 0 rings (SSSR count). The van der Waals surface area contributed by atoms with Crippen molar-refractivity contribution in [3.8, 4) is 0 Å². The van der Waals surface area contributed by atoms with Crippen LogP contribution in [-0.4, -0.2) is 5.88 Å². The lowest BCUT2D eigenvalue weighted by Crippen LogP contribution is -1.77. The summed E-state index contributed by atoms with van der Waals surface area (Å²) in [4.78, 5) is 0. The number of rotatable bonds is 2. The smallest absolute Gasteiger partial charge is 0.0448 e. The second-order valence-corrected chi connectivity index (χ2v) is 2.14. The van der Waals surface area contributed by atoms with E-state index in [0.717, 1.165) is 5.57 Å². The zero-order chi connectivity index (χ0) is 6.57. The predicted octanol–water partition coefficient (Wildman–Crippen LogP) is 2.92. The third-order valence-electron chi connectivity index (χ3n) is 0.787. The van der Waals surface area contributed by atoms with Crippen molar-refractivity contribution in [1.82, 2.24) is 0 Å². The van der Waals surface area contributed by atoms with Crippen molar-refractivity contribution in [2.45, 2.75) is 6.92 Å². The standard InChI is InChI=1S/C6H8Cl2/c1-3-6(8)5(2)4-7/h3H,1,4H2,2H3/b6-5-. The molecule has 0 aliphatic carbocycles. The van der Waals surface area contributed by atoms with E-state index >= 15 is 0 Å². The summed E-state index contributed by atoms with van der Waals surface area (Å²) in [6, 6.07) is 0. The van der Waals surface area contributed by atoms with Crippen LogP contribution >= 0.6 is 23.2 Å². The van der Waals surface area contributed by atoms with Crippen molar-refractivity contribution < 1.29 is 0 Å². The first kappa shape index (κ1) is 8.06. The molecule has 0 fully saturated rings. The minimum atomic E-state index is 0.477. The van der Waals surface area contributed by atoms with Gasteiger partial charge in [-0.3, -0.25) is 0 Å². The van der Waals surface area contributed by atoms with Crippen molar-refractivity contribution in [2.75, 3.05) is 5.88 Å². The van der Waals surface area contributed by atoms with Crippen LogP contribution in [0.3, 0.4) is 0 Å². The molecule has 0 spiro atoms. The van der Waals surface area contributed by atoms with Crippen LogP contribution in [0.25, 0.3) is 0 Å². The fraction of sp³-hybridized carbons (Fsp3) is 0.333. The van der Waals surface area contributed by atoms with Crippen LogP contribution in [0.15, 0.2) is 23.3 Å². The van der Waals surface area contributed by atoms with Crippen molar-refractivity contribution in [3.63, 3.8) is 0 Å². The molecule has 0 saturated carbocycles. The molecule has 0 heterocycles. The molecule has 0 aromatic carbocycles. The molecule has 0 saturated heterocycles. The van der Waals surface area contributed by atoms with Gasteiger partial charge < -0.3 is 0 Å². The van der Waals surface area contributed by atoms with Crippen LogP contribution in [0.1, 0.15) is 6.92 Å². The maximum Gasteiger partial charge on any atom is 0.0448 e. The minimum absolute atomic E-state index is 0.477. The van der Waals surface area contributed by atoms with Crippen LogP contribution < -0.4 is 0 Å². The van der Waals surface area contributed by atoms with Crippen molar-refractivity contribution >= 4 is 23.2 Å². The van der Waals surface area contributed by atoms with Gasteiger partial charge in [-0.25, -0.2) is 0 Å². The number of hydrogen-bond acceptors (Lipinski definition) is 0. The summed E-state index contributed by atoms with van der Waals surface area (Å²) in [6.45, 7) is 5.35. The molecular weight excluding hydrogens is 143 g/mol. The van der Waals surface area contributed by atoms with Gasteiger partial charge in [0.25, 0.3) is 0 Å². The van der Waals surface area contributed by atoms with Crippen molar-refractivity contribution in [2.24, 2.45) is 0 Å². The Morgan fingerprint density at radius 2 is 2.25 bits per heavy atom. The highest BCUT2D eigenvalue weighted by molar-refractivity contribution is 6.32. The predicted molar refractivity (Wildman–Crippen MR) is 39.5 cm³/mol. The topological polar surface area (TPSA) is 0 Å². The maximum atomic E-state index is 5.59. The van der Waals surface area contributed by atoms with Crippen LogP contribution in [0.5, 0.6) is 0 Å². The number of hydrogen-bond donors (Lipinski definition) is 0. The van der Waals surface area contributed by atoms with Gasteiger partial charge in [-0.15, -0.1) is 11.6 Å². The highest BCUT2D eigenvalue weighted by Crippen LogP contribution is 2.10. The van der Waals surface area contributed by atoms with Gasteiger partial charge in [0.2, 0.25) is 0 Å². The summed E-state index contributed by atoms with van der Waals surface area (Å²) >= 11 is 11.0. The Labute approximate surface area is 59.8 Å². The molecule has 0 unspecified atom stereocenters. The summed E-state index contributed by atoms with van der Waals surface area (Å²) in [5.74, 6) is 0.477. The van der Waals surface area contributed by atoms with Gasteiger partial charge in [0.15, 0.2) is 0 Å². The van der Waals surface area contributed by atoms with E-state index in [1.54, 1.807) is 6.08 Å². The van der Waals surface area contributed by atoms with Crippen LogP contribution in [0, 0.1) is 0 Å². The summed E-state index contributed by atoms with van der Waals surface area (Å²) in [7, 11) is 0. The van der Waals surface area contributed by atoms with Gasteiger partial charge in [-0.1, -0.05) is 24.3 Å². The second kappa shape index (κ2) is 3.99. The maximum absolute atomic E-state index is 5.59. The van der Waals surface area contributed by atoms with Gasteiger partial charge in [-0.2, -0.15) is 0 Å². The molecule has 0 aromatic rings. The molecule has 46 valence electrons. The van der Waals surface area contributed by atoms with Crippen LogP contribution in [0.4, 0.5) is 0 Å². The molecular formula is C6H8Cl2. The summed E-state index contributed by atoms with van der Waals surface area (Å²) < 4.78 is 0. The SMILES string of the molecule is C=C/C(Cl)=C(\C)CCl. The Hall–Kier alpha value is 0.0600. The Morgan fingerprint density at radius 1 is 1.75 bits per heavy atom. The Kier molecular flexibility index (Phi) is 4.02. The normalized spacial score (nSPS) is 12.9. The highest BCUT2D eigenvalue weighted by atomic mass is 35.5. The molecule has 0 radical (unpaired) electrons. The first-order valence-corrected chi connectivity index (χ1v) is 3.17. The summed E-state index contributed by atoms with van der Waals surface area (Å²) in [6.07, 6.45) is 1.58. The van der Waals surface area contributed by atoms with E-state index < -0.39 is 0 Å². The number of allylic oxidation sites excluding steroid dienone is 3. The molecule has 0 aromatic heterocycles. The molecule has 0 aliphatic heterocycles.